The highest BCUT2D eigenvalue weighted by atomic mass is 32.2. The van der Waals surface area contributed by atoms with Crippen LogP contribution in [0.2, 0.25) is 0 Å². The average Bonchev–Trinajstić information content (AvgIpc) is 3.08. The molecule has 0 N–H and O–H groups in total. The van der Waals surface area contributed by atoms with Gasteiger partial charge >= 0.3 is 0 Å². The summed E-state index contributed by atoms with van der Waals surface area (Å²) in [5, 5.41) is 12.1. The number of hydrogen-bond donors (Lipinski definition) is 0. The molecule has 0 spiro atoms. The molecule has 3 heterocycles. The summed E-state index contributed by atoms with van der Waals surface area (Å²) < 4.78 is 30.9. The van der Waals surface area contributed by atoms with Crippen LogP contribution in [0.1, 0.15) is 24.1 Å². The Morgan fingerprint density at radius 2 is 2.04 bits per heavy atom. The average molecular weight is 349 g/mol. The van der Waals surface area contributed by atoms with Gasteiger partial charge in [-0.2, -0.15) is 9.40 Å². The lowest BCUT2D eigenvalue weighted by Gasteiger charge is -2.43. The minimum atomic E-state index is -3.56. The van der Waals surface area contributed by atoms with Gasteiger partial charge in [0, 0.05) is 20.1 Å². The van der Waals surface area contributed by atoms with E-state index < -0.39 is 10.0 Å². The van der Waals surface area contributed by atoms with Crippen LogP contribution in [0.5, 0.6) is 0 Å². The lowest BCUT2D eigenvalue weighted by atomic mass is 9.96. The van der Waals surface area contributed by atoms with E-state index in [1.807, 2.05) is 0 Å². The molecule has 4 rings (SSSR count). The fourth-order valence-corrected chi connectivity index (χ4v) is 4.39. The van der Waals surface area contributed by atoms with E-state index in [1.54, 1.807) is 7.05 Å². The minimum Gasteiger partial charge on any atom is -0.363 e. The zero-order valence-electron chi connectivity index (χ0n) is 13.4. The topological polar surface area (TPSA) is 92.4 Å². The molecule has 2 aromatic heterocycles. The largest absolute Gasteiger partial charge is 0.363 e. The molecule has 0 amide bonds. The van der Waals surface area contributed by atoms with E-state index in [2.05, 4.69) is 30.8 Å². The molecule has 128 valence electrons. The Morgan fingerprint density at radius 1 is 1.25 bits per heavy atom. The number of rotatable bonds is 4. The molecule has 1 aliphatic heterocycles. The van der Waals surface area contributed by atoms with Crippen LogP contribution in [0.4, 0.5) is 5.82 Å². The van der Waals surface area contributed by atoms with Crippen LogP contribution in [0.3, 0.4) is 0 Å². The second-order valence-corrected chi connectivity index (χ2v) is 8.32. The van der Waals surface area contributed by atoms with Gasteiger partial charge in [-0.25, -0.2) is 8.42 Å². The van der Waals surface area contributed by atoms with Gasteiger partial charge < -0.3 is 9.42 Å². The zero-order chi connectivity index (χ0) is 16.7. The Labute approximate surface area is 140 Å². The van der Waals surface area contributed by atoms with E-state index in [1.165, 1.54) is 28.9 Å². The van der Waals surface area contributed by atoms with Crippen molar-refractivity contribution in [2.75, 3.05) is 25.0 Å². The standard InChI is InChI=1S/C15H19N5O3S/c1-19(24(21,22)13-7-16-23-10-13)12-8-20(9-12)15-6-11-4-2-3-5-14(11)17-18-15/h6-7,10,12H,2-5,8-9H2,1H3. The van der Waals surface area contributed by atoms with E-state index in [4.69, 9.17) is 0 Å². The van der Waals surface area contributed by atoms with Crippen molar-refractivity contribution in [3.63, 3.8) is 0 Å². The van der Waals surface area contributed by atoms with Crippen molar-refractivity contribution in [3.05, 3.63) is 29.8 Å². The summed E-state index contributed by atoms with van der Waals surface area (Å²) in [5.41, 5.74) is 2.38. The molecule has 8 nitrogen and oxygen atoms in total. The maximum absolute atomic E-state index is 12.4. The second-order valence-electron chi connectivity index (χ2n) is 6.32. The quantitative estimate of drug-likeness (QED) is 0.808. The van der Waals surface area contributed by atoms with Gasteiger partial charge in [0.25, 0.3) is 0 Å². The first-order chi connectivity index (χ1) is 11.6. The predicted molar refractivity (Wildman–Crippen MR) is 86.1 cm³/mol. The number of likely N-dealkylation sites (N-methyl/N-ethyl adjacent to an activating group) is 1. The number of hydrogen-bond acceptors (Lipinski definition) is 7. The van der Waals surface area contributed by atoms with Crippen LogP contribution >= 0.6 is 0 Å². The van der Waals surface area contributed by atoms with Gasteiger partial charge in [-0.3, -0.25) is 0 Å². The Hall–Kier alpha value is -2.00. The molecule has 1 aliphatic carbocycles. The zero-order valence-corrected chi connectivity index (χ0v) is 14.2. The normalized spacial score (nSPS) is 18.5. The molecule has 2 aliphatic rings. The van der Waals surface area contributed by atoms with Crippen molar-refractivity contribution < 1.29 is 12.9 Å². The van der Waals surface area contributed by atoms with Crippen molar-refractivity contribution in [1.82, 2.24) is 19.7 Å². The number of sulfonamides is 1. The van der Waals surface area contributed by atoms with Crippen LogP contribution in [0.15, 0.2) is 27.9 Å². The third-order valence-corrected chi connectivity index (χ3v) is 6.70. The monoisotopic (exact) mass is 349 g/mol. The number of nitrogens with zero attached hydrogens (tertiary/aromatic N) is 5. The number of fused-ring (bicyclic) bond motifs is 1. The van der Waals surface area contributed by atoms with Gasteiger partial charge in [-0.15, -0.1) is 5.10 Å². The molecule has 0 bridgehead atoms. The maximum Gasteiger partial charge on any atom is 0.248 e. The van der Waals surface area contributed by atoms with Crippen LogP contribution in [0.25, 0.3) is 0 Å². The molecule has 9 heteroatoms. The molecule has 24 heavy (non-hydrogen) atoms. The Morgan fingerprint density at radius 3 is 2.79 bits per heavy atom. The van der Waals surface area contributed by atoms with Crippen molar-refractivity contribution in [2.24, 2.45) is 0 Å². The molecular weight excluding hydrogens is 330 g/mol. The second kappa shape index (κ2) is 5.82. The summed E-state index contributed by atoms with van der Waals surface area (Å²) in [6.45, 7) is 1.21. The van der Waals surface area contributed by atoms with Crippen LogP contribution in [0, 0.1) is 0 Å². The van der Waals surface area contributed by atoms with Crippen molar-refractivity contribution >= 4 is 15.8 Å². The van der Waals surface area contributed by atoms with E-state index in [0.29, 0.717) is 13.1 Å². The lowest BCUT2D eigenvalue weighted by molar-refractivity contribution is 0.308. The van der Waals surface area contributed by atoms with E-state index in [9.17, 15) is 8.42 Å². The fraction of sp³-hybridized carbons (Fsp3) is 0.533. The summed E-state index contributed by atoms with van der Waals surface area (Å²) in [6, 6.07) is 2.01. The highest BCUT2D eigenvalue weighted by molar-refractivity contribution is 7.89. The maximum atomic E-state index is 12.4. The Bertz CT molecular complexity index is 831. The lowest BCUT2D eigenvalue weighted by Crippen LogP contribution is -2.60. The Kier molecular flexibility index (Phi) is 3.76. The summed E-state index contributed by atoms with van der Waals surface area (Å²) in [7, 11) is -1.98. The summed E-state index contributed by atoms with van der Waals surface area (Å²) >= 11 is 0. The van der Waals surface area contributed by atoms with Gasteiger partial charge in [-0.1, -0.05) is 5.16 Å². The van der Waals surface area contributed by atoms with Crippen LogP contribution in [-0.2, 0) is 22.9 Å². The fourth-order valence-electron chi connectivity index (χ4n) is 3.19. The van der Waals surface area contributed by atoms with Gasteiger partial charge in [0.15, 0.2) is 5.82 Å². The Balaban J connectivity index is 1.45. The van der Waals surface area contributed by atoms with Gasteiger partial charge in [-0.05, 0) is 37.3 Å². The van der Waals surface area contributed by atoms with Crippen molar-refractivity contribution in [2.45, 2.75) is 36.6 Å². The smallest absolute Gasteiger partial charge is 0.248 e. The first-order valence-electron chi connectivity index (χ1n) is 8.03. The molecule has 0 saturated carbocycles. The predicted octanol–water partition coefficient (Wildman–Crippen LogP) is 0.853. The third kappa shape index (κ3) is 2.57. The van der Waals surface area contributed by atoms with E-state index in [-0.39, 0.29) is 10.9 Å². The molecule has 1 fully saturated rings. The van der Waals surface area contributed by atoms with Crippen molar-refractivity contribution in [1.29, 1.82) is 0 Å². The molecule has 0 atom stereocenters. The van der Waals surface area contributed by atoms with Crippen molar-refractivity contribution in [3.8, 4) is 0 Å². The highest BCUT2D eigenvalue weighted by Gasteiger charge is 2.38. The third-order valence-electron chi connectivity index (χ3n) is 4.84. The SMILES string of the molecule is CN(C1CN(c2cc3c(nn2)CCCC3)C1)S(=O)(=O)c1cnoc1. The van der Waals surface area contributed by atoms with Gasteiger partial charge in [0.2, 0.25) is 10.0 Å². The van der Waals surface area contributed by atoms with Crippen LogP contribution < -0.4 is 4.90 Å². The molecule has 0 unspecified atom stereocenters. The van der Waals surface area contributed by atoms with Crippen LogP contribution in [-0.4, -0.2) is 54.3 Å². The van der Waals surface area contributed by atoms with E-state index >= 15 is 0 Å². The summed E-state index contributed by atoms with van der Waals surface area (Å²) in [6.07, 6.45) is 6.80. The molecular formula is C15H19N5O3S. The number of aryl methyl sites for hydroxylation is 2. The highest BCUT2D eigenvalue weighted by Crippen LogP contribution is 2.27. The number of anilines is 1. The molecule has 2 aromatic rings. The molecule has 1 saturated heterocycles. The molecule has 0 radical (unpaired) electrons. The summed E-state index contributed by atoms with van der Waals surface area (Å²) in [5.74, 6) is 0.836. The first kappa shape index (κ1) is 15.5. The molecule has 0 aromatic carbocycles. The number of aromatic nitrogens is 3. The van der Waals surface area contributed by atoms with Gasteiger partial charge in [0.05, 0.1) is 17.9 Å². The van der Waals surface area contributed by atoms with E-state index in [0.717, 1.165) is 30.6 Å². The summed E-state index contributed by atoms with van der Waals surface area (Å²) in [4.78, 5) is 2.14. The first-order valence-corrected chi connectivity index (χ1v) is 9.47. The minimum absolute atomic E-state index is 0.0806. The van der Waals surface area contributed by atoms with Gasteiger partial charge in [0.1, 0.15) is 11.2 Å².